The first-order valence-corrected chi connectivity index (χ1v) is 9.06. The van der Waals surface area contributed by atoms with Crippen LogP contribution in [0.25, 0.3) is 0 Å². The molecule has 1 fully saturated rings. The van der Waals surface area contributed by atoms with E-state index in [4.69, 9.17) is 0 Å². The Morgan fingerprint density at radius 2 is 2.29 bits per heavy atom. The maximum Gasteiger partial charge on any atom is 0.225 e. The Hall–Kier alpha value is -0.900. The Bertz CT molecular complexity index is 560. The smallest absolute Gasteiger partial charge is 0.225 e. The number of guanidine groups is 1. The van der Waals surface area contributed by atoms with Gasteiger partial charge in [-0.25, -0.2) is 9.98 Å². The van der Waals surface area contributed by atoms with Crippen LogP contribution in [-0.4, -0.2) is 47.4 Å². The second-order valence-electron chi connectivity index (χ2n) is 6.13. The summed E-state index contributed by atoms with van der Waals surface area (Å²) in [5.41, 5.74) is 0. The molecule has 1 atom stereocenters. The molecule has 0 aromatic carbocycles. The Morgan fingerprint density at radius 1 is 1.54 bits per heavy atom. The molecular formula is C16H28IN5OS. The van der Waals surface area contributed by atoms with Gasteiger partial charge in [-0.3, -0.25) is 4.79 Å². The van der Waals surface area contributed by atoms with Crippen molar-refractivity contribution in [3.05, 3.63) is 16.1 Å². The predicted molar refractivity (Wildman–Crippen MR) is 110 cm³/mol. The molecule has 0 spiro atoms. The van der Waals surface area contributed by atoms with Crippen molar-refractivity contribution in [2.45, 2.75) is 46.7 Å². The van der Waals surface area contributed by atoms with Gasteiger partial charge >= 0.3 is 0 Å². The zero-order valence-corrected chi connectivity index (χ0v) is 18.0. The van der Waals surface area contributed by atoms with E-state index >= 15 is 0 Å². The van der Waals surface area contributed by atoms with Gasteiger partial charge in [-0.05, 0) is 20.3 Å². The minimum absolute atomic E-state index is 0. The lowest BCUT2D eigenvalue weighted by Gasteiger charge is -2.20. The highest BCUT2D eigenvalue weighted by Gasteiger charge is 2.27. The second kappa shape index (κ2) is 10.2. The summed E-state index contributed by atoms with van der Waals surface area (Å²) in [6.07, 6.45) is 2.83. The van der Waals surface area contributed by atoms with Gasteiger partial charge in [0.15, 0.2) is 5.96 Å². The van der Waals surface area contributed by atoms with E-state index in [1.54, 1.807) is 11.3 Å². The number of thiazole rings is 1. The van der Waals surface area contributed by atoms with Crippen LogP contribution < -0.4 is 10.6 Å². The first kappa shape index (κ1) is 21.1. The van der Waals surface area contributed by atoms with Crippen molar-refractivity contribution in [3.63, 3.8) is 0 Å². The van der Waals surface area contributed by atoms with Gasteiger partial charge in [-0.1, -0.05) is 13.8 Å². The summed E-state index contributed by atoms with van der Waals surface area (Å²) >= 11 is 1.67. The minimum atomic E-state index is 0. The molecular weight excluding hydrogens is 437 g/mol. The normalized spacial score (nSPS) is 17.8. The molecule has 0 aliphatic carbocycles. The van der Waals surface area contributed by atoms with Crippen molar-refractivity contribution in [1.82, 2.24) is 20.5 Å². The summed E-state index contributed by atoms with van der Waals surface area (Å²) in [7, 11) is 0. The second-order valence-corrected chi connectivity index (χ2v) is 7.45. The third-order valence-corrected chi connectivity index (χ3v) is 4.62. The van der Waals surface area contributed by atoms with Crippen molar-refractivity contribution < 1.29 is 4.79 Å². The van der Waals surface area contributed by atoms with E-state index in [-0.39, 0.29) is 41.8 Å². The van der Waals surface area contributed by atoms with E-state index in [1.165, 1.54) is 4.88 Å². The number of likely N-dealkylation sites (tertiary alicyclic amines) is 1. The monoisotopic (exact) mass is 465 g/mol. The van der Waals surface area contributed by atoms with E-state index in [9.17, 15) is 4.79 Å². The number of rotatable bonds is 5. The number of hydrogen-bond acceptors (Lipinski definition) is 4. The molecule has 136 valence electrons. The zero-order valence-electron chi connectivity index (χ0n) is 14.8. The summed E-state index contributed by atoms with van der Waals surface area (Å²) in [6.45, 7) is 11.0. The number of nitrogens with one attached hydrogen (secondary N) is 2. The molecule has 0 bridgehead atoms. The van der Waals surface area contributed by atoms with Crippen LogP contribution >= 0.6 is 35.3 Å². The molecule has 2 heterocycles. The Morgan fingerprint density at radius 3 is 2.88 bits per heavy atom. The van der Waals surface area contributed by atoms with Gasteiger partial charge in [0.05, 0.1) is 6.54 Å². The minimum Gasteiger partial charge on any atom is -0.357 e. The summed E-state index contributed by atoms with van der Waals surface area (Å²) < 4.78 is 0. The van der Waals surface area contributed by atoms with Crippen molar-refractivity contribution >= 4 is 47.2 Å². The zero-order chi connectivity index (χ0) is 16.8. The molecule has 1 aromatic heterocycles. The number of carbonyl (C=O) groups excluding carboxylic acids is 1. The third-order valence-electron chi connectivity index (χ3n) is 3.72. The molecule has 1 aliphatic rings. The van der Waals surface area contributed by atoms with Gasteiger partial charge < -0.3 is 15.5 Å². The first-order valence-electron chi connectivity index (χ1n) is 8.24. The lowest BCUT2D eigenvalue weighted by atomic mass is 10.2. The molecule has 0 saturated carbocycles. The Kier molecular flexibility index (Phi) is 8.96. The molecule has 8 heteroatoms. The maximum absolute atomic E-state index is 12.1. The van der Waals surface area contributed by atoms with Gasteiger partial charge in [0.25, 0.3) is 0 Å². The van der Waals surface area contributed by atoms with Gasteiger partial charge in [0, 0.05) is 42.7 Å². The van der Waals surface area contributed by atoms with Crippen molar-refractivity contribution in [2.75, 3.05) is 19.6 Å². The van der Waals surface area contributed by atoms with Gasteiger partial charge in [0.2, 0.25) is 5.91 Å². The largest absolute Gasteiger partial charge is 0.357 e. The van der Waals surface area contributed by atoms with E-state index in [2.05, 4.69) is 20.6 Å². The first-order chi connectivity index (χ1) is 11.0. The third kappa shape index (κ3) is 6.19. The van der Waals surface area contributed by atoms with Crippen LogP contribution in [0.2, 0.25) is 0 Å². The van der Waals surface area contributed by atoms with Gasteiger partial charge in [-0.2, -0.15) is 0 Å². The maximum atomic E-state index is 12.1. The SMILES string of the molecule is CCNC(=NCc1ncc(C)s1)NC1CCN(C(=O)C(C)C)C1.I. The summed E-state index contributed by atoms with van der Waals surface area (Å²) in [4.78, 5) is 24.1. The predicted octanol–water partition coefficient (Wildman–Crippen LogP) is 2.38. The van der Waals surface area contributed by atoms with Gasteiger partial charge in [-0.15, -0.1) is 35.3 Å². The molecule has 1 aliphatic heterocycles. The molecule has 1 saturated heterocycles. The van der Waals surface area contributed by atoms with Crippen LogP contribution in [0.15, 0.2) is 11.2 Å². The highest BCUT2D eigenvalue weighted by atomic mass is 127. The molecule has 2 N–H and O–H groups in total. The molecule has 24 heavy (non-hydrogen) atoms. The number of aromatic nitrogens is 1. The Labute approximate surface area is 165 Å². The lowest BCUT2D eigenvalue weighted by Crippen LogP contribution is -2.45. The fourth-order valence-electron chi connectivity index (χ4n) is 2.58. The standard InChI is InChI=1S/C16H27N5OS.HI/c1-5-17-16(19-9-14-18-8-12(4)23-14)20-13-6-7-21(10-13)15(22)11(2)3;/h8,11,13H,5-7,9-10H2,1-4H3,(H2,17,19,20);1H. The van der Waals surface area contributed by atoms with Crippen molar-refractivity contribution in [2.24, 2.45) is 10.9 Å². The highest BCUT2D eigenvalue weighted by Crippen LogP contribution is 2.14. The number of aryl methyl sites for hydroxylation is 1. The number of halogens is 1. The van der Waals surface area contributed by atoms with Crippen LogP contribution in [0.1, 0.15) is 37.1 Å². The van der Waals surface area contributed by atoms with Crippen LogP contribution in [-0.2, 0) is 11.3 Å². The molecule has 2 rings (SSSR count). The summed E-state index contributed by atoms with van der Waals surface area (Å²) in [5.74, 6) is 1.09. The molecule has 1 unspecified atom stereocenters. The quantitative estimate of drug-likeness (QED) is 0.398. The molecule has 6 nitrogen and oxygen atoms in total. The number of aliphatic imine (C=N–C) groups is 1. The fraction of sp³-hybridized carbons (Fsp3) is 0.688. The lowest BCUT2D eigenvalue weighted by molar-refractivity contribution is -0.133. The number of carbonyl (C=O) groups is 1. The van der Waals surface area contributed by atoms with Crippen LogP contribution in [0.5, 0.6) is 0 Å². The number of nitrogens with zero attached hydrogens (tertiary/aromatic N) is 3. The highest BCUT2D eigenvalue weighted by molar-refractivity contribution is 14.0. The van der Waals surface area contributed by atoms with E-state index < -0.39 is 0 Å². The topological polar surface area (TPSA) is 69.6 Å². The van der Waals surface area contributed by atoms with Crippen molar-refractivity contribution in [3.8, 4) is 0 Å². The molecule has 0 radical (unpaired) electrons. The number of hydrogen-bond donors (Lipinski definition) is 2. The van der Waals surface area contributed by atoms with Gasteiger partial charge in [0.1, 0.15) is 5.01 Å². The average Bonchev–Trinajstić information content (AvgIpc) is 3.13. The fourth-order valence-corrected chi connectivity index (χ4v) is 3.29. The summed E-state index contributed by atoms with van der Waals surface area (Å²) in [5, 5.41) is 7.72. The summed E-state index contributed by atoms with van der Waals surface area (Å²) in [6, 6.07) is 0.258. The molecule has 1 amide bonds. The van der Waals surface area contributed by atoms with E-state index in [0.29, 0.717) is 6.54 Å². The van der Waals surface area contributed by atoms with Crippen LogP contribution in [0, 0.1) is 12.8 Å². The molecule has 1 aromatic rings. The number of amides is 1. The Balaban J connectivity index is 0.00000288. The van der Waals surface area contributed by atoms with Crippen LogP contribution in [0.4, 0.5) is 0 Å². The van der Waals surface area contributed by atoms with Crippen LogP contribution in [0.3, 0.4) is 0 Å². The van der Waals surface area contributed by atoms with E-state index in [1.807, 2.05) is 38.8 Å². The van der Waals surface area contributed by atoms with E-state index in [0.717, 1.165) is 37.0 Å². The average molecular weight is 465 g/mol. The van der Waals surface area contributed by atoms with Crippen molar-refractivity contribution in [1.29, 1.82) is 0 Å².